The van der Waals surface area contributed by atoms with Gasteiger partial charge in [0.2, 0.25) is 0 Å². The van der Waals surface area contributed by atoms with Crippen LogP contribution in [-0.2, 0) is 14.3 Å². The largest absolute Gasteiger partial charge is 0.353 e. The van der Waals surface area contributed by atoms with Crippen LogP contribution in [0.15, 0.2) is 12.1 Å². The average molecular weight is 289 g/mol. The Kier molecular flexibility index (Phi) is 3.78. The van der Waals surface area contributed by atoms with Crippen molar-refractivity contribution < 1.29 is 19.1 Å². The van der Waals surface area contributed by atoms with Crippen molar-refractivity contribution in [3.05, 3.63) is 28.8 Å². The van der Waals surface area contributed by atoms with Crippen LogP contribution in [0.3, 0.4) is 0 Å². The summed E-state index contributed by atoms with van der Waals surface area (Å²) < 4.78 is 11.0. The van der Waals surface area contributed by atoms with Crippen molar-refractivity contribution in [2.24, 2.45) is 0 Å². The molecule has 0 bridgehead atoms. The van der Waals surface area contributed by atoms with E-state index in [2.05, 4.69) is 0 Å². The SMILES string of the molecule is Cc1cc(C)c2c(c1)N(CCC1OCCCO1)C(=O)C2=O. The topological polar surface area (TPSA) is 55.8 Å². The Hall–Kier alpha value is -1.72. The lowest BCUT2D eigenvalue weighted by Gasteiger charge is -2.25. The smallest absolute Gasteiger partial charge is 0.299 e. The van der Waals surface area contributed by atoms with Crippen LogP contribution >= 0.6 is 0 Å². The van der Waals surface area contributed by atoms with Gasteiger partial charge in [0.1, 0.15) is 0 Å². The Morgan fingerprint density at radius 3 is 2.62 bits per heavy atom. The monoisotopic (exact) mass is 289 g/mol. The van der Waals surface area contributed by atoms with Gasteiger partial charge in [0.25, 0.3) is 11.7 Å². The number of amides is 1. The molecule has 2 aliphatic rings. The summed E-state index contributed by atoms with van der Waals surface area (Å²) in [5, 5.41) is 0. The van der Waals surface area contributed by atoms with Crippen LogP contribution in [0.4, 0.5) is 5.69 Å². The van der Waals surface area contributed by atoms with Crippen LogP contribution in [0.5, 0.6) is 0 Å². The summed E-state index contributed by atoms with van der Waals surface area (Å²) in [4.78, 5) is 25.9. The molecule has 0 radical (unpaired) electrons. The number of ether oxygens (including phenoxy) is 2. The first-order valence-corrected chi connectivity index (χ1v) is 7.28. The molecule has 2 aliphatic heterocycles. The van der Waals surface area contributed by atoms with Crippen molar-refractivity contribution in [2.75, 3.05) is 24.7 Å². The molecule has 3 rings (SSSR count). The highest BCUT2D eigenvalue weighted by Gasteiger charge is 2.37. The number of rotatable bonds is 3. The summed E-state index contributed by atoms with van der Waals surface area (Å²) >= 11 is 0. The van der Waals surface area contributed by atoms with Crippen molar-refractivity contribution in [2.45, 2.75) is 33.0 Å². The van der Waals surface area contributed by atoms with Crippen LogP contribution in [0.25, 0.3) is 0 Å². The molecule has 0 aromatic heterocycles. The molecule has 5 nitrogen and oxygen atoms in total. The molecule has 112 valence electrons. The molecule has 1 fully saturated rings. The molecular weight excluding hydrogens is 270 g/mol. The number of fused-ring (bicyclic) bond motifs is 1. The Labute approximate surface area is 123 Å². The lowest BCUT2D eigenvalue weighted by Crippen LogP contribution is -2.35. The van der Waals surface area contributed by atoms with Gasteiger partial charge in [-0.3, -0.25) is 9.59 Å². The van der Waals surface area contributed by atoms with Gasteiger partial charge in [-0.15, -0.1) is 0 Å². The Bertz CT molecular complexity index is 590. The van der Waals surface area contributed by atoms with Crippen LogP contribution in [0.2, 0.25) is 0 Å². The summed E-state index contributed by atoms with van der Waals surface area (Å²) in [7, 11) is 0. The first kappa shape index (κ1) is 14.2. The van der Waals surface area contributed by atoms with Gasteiger partial charge in [0.05, 0.1) is 24.5 Å². The van der Waals surface area contributed by atoms with E-state index in [0.717, 1.165) is 23.2 Å². The second-order valence-corrected chi connectivity index (χ2v) is 5.58. The van der Waals surface area contributed by atoms with Gasteiger partial charge in [-0.25, -0.2) is 0 Å². The number of benzene rings is 1. The number of Topliss-reactive ketones (excluding diaryl/α,β-unsaturated/α-hetero) is 1. The predicted molar refractivity (Wildman–Crippen MR) is 77.5 cm³/mol. The zero-order valence-corrected chi connectivity index (χ0v) is 12.3. The molecule has 2 heterocycles. The van der Waals surface area contributed by atoms with Gasteiger partial charge in [-0.05, 0) is 37.5 Å². The normalized spacial score (nSPS) is 19.2. The van der Waals surface area contributed by atoms with Crippen LogP contribution < -0.4 is 4.90 Å². The van der Waals surface area contributed by atoms with E-state index < -0.39 is 11.7 Å². The Morgan fingerprint density at radius 1 is 1.19 bits per heavy atom. The molecule has 0 aliphatic carbocycles. The summed E-state index contributed by atoms with van der Waals surface area (Å²) in [5.74, 6) is -0.859. The average Bonchev–Trinajstić information content (AvgIpc) is 2.70. The maximum absolute atomic E-state index is 12.2. The maximum Gasteiger partial charge on any atom is 0.299 e. The van der Waals surface area contributed by atoms with Crippen LogP contribution in [0, 0.1) is 13.8 Å². The first-order chi connectivity index (χ1) is 10.1. The van der Waals surface area contributed by atoms with Crippen molar-refractivity contribution in [1.29, 1.82) is 0 Å². The minimum absolute atomic E-state index is 0.281. The lowest BCUT2D eigenvalue weighted by molar-refractivity contribution is -0.179. The van der Waals surface area contributed by atoms with E-state index in [0.29, 0.717) is 31.7 Å². The number of hydrogen-bond acceptors (Lipinski definition) is 4. The van der Waals surface area contributed by atoms with Crippen LogP contribution in [-0.4, -0.2) is 37.7 Å². The number of aryl methyl sites for hydroxylation is 2. The molecule has 21 heavy (non-hydrogen) atoms. The number of carbonyl (C=O) groups is 2. The third-order valence-electron chi connectivity index (χ3n) is 3.90. The summed E-state index contributed by atoms with van der Waals surface area (Å²) in [6.07, 6.45) is 1.20. The highest BCUT2D eigenvalue weighted by molar-refractivity contribution is 6.52. The molecule has 1 amide bonds. The quantitative estimate of drug-likeness (QED) is 0.799. The molecule has 1 aromatic carbocycles. The van der Waals surface area contributed by atoms with Gasteiger partial charge in [-0.2, -0.15) is 0 Å². The van der Waals surface area contributed by atoms with Gasteiger partial charge >= 0.3 is 0 Å². The number of carbonyl (C=O) groups excluding carboxylic acids is 2. The number of anilines is 1. The molecule has 1 aromatic rings. The molecule has 0 saturated carbocycles. The van der Waals surface area contributed by atoms with E-state index in [1.807, 2.05) is 26.0 Å². The standard InChI is InChI=1S/C16H19NO4/c1-10-8-11(2)14-12(9-10)17(16(19)15(14)18)5-4-13-20-6-3-7-21-13/h8-9,13H,3-7H2,1-2H3. The number of ketones is 1. The molecule has 0 spiro atoms. The van der Waals surface area contributed by atoms with Gasteiger partial charge in [0.15, 0.2) is 6.29 Å². The van der Waals surface area contributed by atoms with Crippen LogP contribution in [0.1, 0.15) is 34.3 Å². The van der Waals surface area contributed by atoms with E-state index >= 15 is 0 Å². The van der Waals surface area contributed by atoms with Gasteiger partial charge in [-0.1, -0.05) is 6.07 Å². The molecule has 0 unspecified atom stereocenters. The van der Waals surface area contributed by atoms with Crippen molar-refractivity contribution in [1.82, 2.24) is 0 Å². The minimum atomic E-state index is -0.450. The minimum Gasteiger partial charge on any atom is -0.353 e. The lowest BCUT2D eigenvalue weighted by atomic mass is 10.0. The predicted octanol–water partition coefficient (Wildman–Crippen LogP) is 1.99. The fourth-order valence-electron chi connectivity index (χ4n) is 2.95. The molecule has 1 saturated heterocycles. The molecule has 0 N–H and O–H groups in total. The second kappa shape index (κ2) is 5.58. The van der Waals surface area contributed by atoms with E-state index in [4.69, 9.17) is 9.47 Å². The summed E-state index contributed by atoms with van der Waals surface area (Å²) in [6.45, 7) is 5.64. The van der Waals surface area contributed by atoms with E-state index in [1.54, 1.807) is 4.90 Å². The maximum atomic E-state index is 12.2. The van der Waals surface area contributed by atoms with Crippen molar-refractivity contribution >= 4 is 17.4 Å². The zero-order chi connectivity index (χ0) is 15.0. The zero-order valence-electron chi connectivity index (χ0n) is 12.3. The van der Waals surface area contributed by atoms with Gasteiger partial charge in [0, 0.05) is 13.0 Å². The Morgan fingerprint density at radius 2 is 1.90 bits per heavy atom. The fourth-order valence-corrected chi connectivity index (χ4v) is 2.95. The van der Waals surface area contributed by atoms with E-state index in [9.17, 15) is 9.59 Å². The van der Waals surface area contributed by atoms with Gasteiger partial charge < -0.3 is 14.4 Å². The first-order valence-electron chi connectivity index (χ1n) is 7.28. The van der Waals surface area contributed by atoms with Crippen molar-refractivity contribution in [3.63, 3.8) is 0 Å². The van der Waals surface area contributed by atoms with Crippen molar-refractivity contribution in [3.8, 4) is 0 Å². The highest BCUT2D eigenvalue weighted by atomic mass is 16.7. The van der Waals surface area contributed by atoms with E-state index in [1.165, 1.54) is 0 Å². The molecule has 0 atom stereocenters. The molecular formula is C16H19NO4. The molecule has 5 heteroatoms. The third-order valence-corrected chi connectivity index (χ3v) is 3.90. The highest BCUT2D eigenvalue weighted by Crippen LogP contribution is 2.33. The second-order valence-electron chi connectivity index (χ2n) is 5.58. The van der Waals surface area contributed by atoms with E-state index in [-0.39, 0.29) is 6.29 Å². The number of nitrogens with zero attached hydrogens (tertiary/aromatic N) is 1. The fraction of sp³-hybridized carbons (Fsp3) is 0.500. The summed E-state index contributed by atoms with van der Waals surface area (Å²) in [5.41, 5.74) is 3.16. The Balaban J connectivity index is 1.80. The summed E-state index contributed by atoms with van der Waals surface area (Å²) in [6, 6.07) is 3.83. The number of hydrogen-bond donors (Lipinski definition) is 0. The third kappa shape index (κ3) is 2.59.